The molecule has 1 amide bonds. The van der Waals surface area contributed by atoms with Gasteiger partial charge in [0, 0.05) is 44.7 Å². The van der Waals surface area contributed by atoms with Crippen molar-refractivity contribution in [2.45, 2.75) is 26.2 Å². The van der Waals surface area contributed by atoms with Crippen LogP contribution in [0.3, 0.4) is 0 Å². The normalized spacial score (nSPS) is 26.5. The molecule has 0 bridgehead atoms. The highest BCUT2D eigenvalue weighted by atomic mass is 32.2. The van der Waals surface area contributed by atoms with Gasteiger partial charge in [0.05, 0.1) is 17.6 Å². The smallest absolute Gasteiger partial charge is 0.227 e. The topological polar surface area (TPSA) is 75.5 Å². The highest BCUT2D eigenvalue weighted by Gasteiger charge is 2.50. The van der Waals surface area contributed by atoms with E-state index >= 15 is 0 Å². The Bertz CT molecular complexity index is 684. The molecule has 1 aromatic rings. The van der Waals surface area contributed by atoms with Crippen LogP contribution in [0.1, 0.15) is 26.2 Å². The predicted molar refractivity (Wildman–Crippen MR) is 82.9 cm³/mol. The highest BCUT2D eigenvalue weighted by molar-refractivity contribution is 7.89. The molecule has 0 aromatic carbocycles. The fraction of sp³-hybridized carbons (Fsp3) is 0.714. The largest absolute Gasteiger partial charge is 0.309 e. The molecule has 1 spiro atoms. The van der Waals surface area contributed by atoms with Crippen molar-refractivity contribution in [1.29, 1.82) is 0 Å². The number of anilines is 1. The zero-order valence-electron chi connectivity index (χ0n) is 13.0. The maximum Gasteiger partial charge on any atom is 0.227 e. The number of sulfonamides is 1. The van der Waals surface area contributed by atoms with E-state index in [4.69, 9.17) is 0 Å². The second kappa shape index (κ2) is 5.34. The van der Waals surface area contributed by atoms with Gasteiger partial charge in [0.2, 0.25) is 15.9 Å². The van der Waals surface area contributed by atoms with Crippen molar-refractivity contribution in [2.24, 2.45) is 12.5 Å². The number of amides is 1. The molecule has 7 nitrogen and oxygen atoms in total. The number of carbonyl (C=O) groups excluding carboxylic acids is 1. The number of hydrogen-bond acceptors (Lipinski definition) is 4. The van der Waals surface area contributed by atoms with Crippen LogP contribution in [-0.4, -0.2) is 53.8 Å². The Balaban J connectivity index is 1.76. The first-order chi connectivity index (χ1) is 10.4. The van der Waals surface area contributed by atoms with Gasteiger partial charge in [-0.1, -0.05) is 6.92 Å². The SMILES string of the molecule is CCCS(=O)(=O)N1CC[C@@]2(CC(=O)N(c3cnn(C)c3)C2)C1. The van der Waals surface area contributed by atoms with Crippen molar-refractivity contribution >= 4 is 21.6 Å². The zero-order chi connectivity index (χ0) is 16.0. The second-order valence-corrected chi connectivity index (χ2v) is 8.52. The molecule has 1 aromatic heterocycles. The fourth-order valence-corrected chi connectivity index (χ4v) is 5.08. The third kappa shape index (κ3) is 2.65. The van der Waals surface area contributed by atoms with E-state index in [-0.39, 0.29) is 17.1 Å². The molecule has 122 valence electrons. The molecule has 0 aliphatic carbocycles. The van der Waals surface area contributed by atoms with E-state index in [0.717, 1.165) is 12.1 Å². The quantitative estimate of drug-likeness (QED) is 0.811. The van der Waals surface area contributed by atoms with Gasteiger partial charge in [0.1, 0.15) is 0 Å². The van der Waals surface area contributed by atoms with Crippen molar-refractivity contribution in [3.63, 3.8) is 0 Å². The van der Waals surface area contributed by atoms with Crippen LogP contribution in [0, 0.1) is 5.41 Å². The van der Waals surface area contributed by atoms with Crippen LogP contribution in [0.4, 0.5) is 5.69 Å². The van der Waals surface area contributed by atoms with Crippen molar-refractivity contribution in [3.8, 4) is 0 Å². The van der Waals surface area contributed by atoms with Crippen molar-refractivity contribution in [2.75, 3.05) is 30.3 Å². The van der Waals surface area contributed by atoms with Crippen LogP contribution in [0.25, 0.3) is 0 Å². The zero-order valence-corrected chi connectivity index (χ0v) is 13.8. The molecule has 3 heterocycles. The first-order valence-corrected chi connectivity index (χ1v) is 9.23. The Kier molecular flexibility index (Phi) is 3.76. The molecule has 0 N–H and O–H groups in total. The van der Waals surface area contributed by atoms with Crippen LogP contribution in [0.5, 0.6) is 0 Å². The van der Waals surface area contributed by atoms with Crippen molar-refractivity contribution < 1.29 is 13.2 Å². The predicted octanol–water partition coefficient (Wildman–Crippen LogP) is 0.589. The van der Waals surface area contributed by atoms with Gasteiger partial charge in [0.15, 0.2) is 0 Å². The third-order valence-corrected chi connectivity index (χ3v) is 6.61. The molecular formula is C14H22N4O3S. The van der Waals surface area contributed by atoms with E-state index in [9.17, 15) is 13.2 Å². The van der Waals surface area contributed by atoms with Crippen LogP contribution in [0.2, 0.25) is 0 Å². The molecule has 2 aliphatic heterocycles. The third-order valence-electron chi connectivity index (χ3n) is 4.58. The second-order valence-electron chi connectivity index (χ2n) is 6.43. The monoisotopic (exact) mass is 326 g/mol. The molecule has 2 saturated heterocycles. The van der Waals surface area contributed by atoms with Crippen LogP contribution in [0.15, 0.2) is 12.4 Å². The van der Waals surface area contributed by atoms with Crippen LogP contribution < -0.4 is 4.90 Å². The molecule has 2 fully saturated rings. The fourth-order valence-electron chi connectivity index (χ4n) is 3.47. The minimum Gasteiger partial charge on any atom is -0.309 e. The Morgan fingerprint density at radius 1 is 1.36 bits per heavy atom. The first-order valence-electron chi connectivity index (χ1n) is 7.62. The molecule has 2 aliphatic rings. The molecule has 22 heavy (non-hydrogen) atoms. The summed E-state index contributed by atoms with van der Waals surface area (Å²) < 4.78 is 27.7. The minimum absolute atomic E-state index is 0.0581. The van der Waals surface area contributed by atoms with Gasteiger partial charge in [-0.3, -0.25) is 9.48 Å². The Labute approximate surface area is 130 Å². The average molecular weight is 326 g/mol. The standard InChI is InChI=1S/C14H22N4O3S/c1-3-6-22(20,21)17-5-4-14(10-17)7-13(19)18(11-14)12-8-15-16(2)9-12/h8-9H,3-7,10-11H2,1-2H3/t14-/m1/s1. The lowest BCUT2D eigenvalue weighted by molar-refractivity contribution is -0.117. The van der Waals surface area contributed by atoms with E-state index in [1.807, 2.05) is 20.2 Å². The van der Waals surface area contributed by atoms with E-state index in [1.54, 1.807) is 20.1 Å². The number of rotatable bonds is 4. The van der Waals surface area contributed by atoms with Gasteiger partial charge in [-0.15, -0.1) is 0 Å². The summed E-state index contributed by atoms with van der Waals surface area (Å²) in [6, 6.07) is 0. The summed E-state index contributed by atoms with van der Waals surface area (Å²) in [5.74, 6) is 0.242. The molecule has 0 unspecified atom stereocenters. The summed E-state index contributed by atoms with van der Waals surface area (Å²) in [4.78, 5) is 14.1. The minimum atomic E-state index is -3.18. The summed E-state index contributed by atoms with van der Waals surface area (Å²) in [5, 5.41) is 4.11. The number of aromatic nitrogens is 2. The highest BCUT2D eigenvalue weighted by Crippen LogP contribution is 2.42. The van der Waals surface area contributed by atoms with Gasteiger partial charge in [-0.05, 0) is 12.8 Å². The maximum absolute atomic E-state index is 12.3. The van der Waals surface area contributed by atoms with Gasteiger partial charge in [-0.25, -0.2) is 12.7 Å². The van der Waals surface area contributed by atoms with Gasteiger partial charge in [0.25, 0.3) is 0 Å². The number of hydrogen-bond donors (Lipinski definition) is 0. The lowest BCUT2D eigenvalue weighted by atomic mass is 9.86. The summed E-state index contributed by atoms with van der Waals surface area (Å²) in [7, 11) is -1.37. The molecule has 0 saturated carbocycles. The van der Waals surface area contributed by atoms with Crippen molar-refractivity contribution in [3.05, 3.63) is 12.4 Å². The lowest BCUT2D eigenvalue weighted by Gasteiger charge is -2.23. The summed E-state index contributed by atoms with van der Waals surface area (Å²) in [5.41, 5.74) is 0.549. The van der Waals surface area contributed by atoms with E-state index in [0.29, 0.717) is 32.5 Å². The van der Waals surface area contributed by atoms with E-state index in [1.165, 1.54) is 0 Å². The molecule has 1 atom stereocenters. The molecule has 0 radical (unpaired) electrons. The lowest BCUT2D eigenvalue weighted by Crippen LogP contribution is -2.35. The van der Waals surface area contributed by atoms with Gasteiger partial charge in [-0.2, -0.15) is 5.10 Å². The summed E-state index contributed by atoms with van der Waals surface area (Å²) >= 11 is 0. The number of carbonyl (C=O) groups is 1. The molecular weight excluding hydrogens is 304 g/mol. The number of aryl methyl sites for hydroxylation is 1. The number of nitrogens with zero attached hydrogens (tertiary/aromatic N) is 4. The van der Waals surface area contributed by atoms with Gasteiger partial charge >= 0.3 is 0 Å². The maximum atomic E-state index is 12.3. The summed E-state index contributed by atoms with van der Waals surface area (Å²) in [6.07, 6.45) is 5.28. The average Bonchev–Trinajstić information content (AvgIpc) is 3.11. The van der Waals surface area contributed by atoms with Crippen LogP contribution >= 0.6 is 0 Å². The summed E-state index contributed by atoms with van der Waals surface area (Å²) in [6.45, 7) is 3.43. The van der Waals surface area contributed by atoms with E-state index < -0.39 is 10.0 Å². The Hall–Kier alpha value is -1.41. The Morgan fingerprint density at radius 3 is 2.77 bits per heavy atom. The molecule has 3 rings (SSSR count). The van der Waals surface area contributed by atoms with Crippen molar-refractivity contribution in [1.82, 2.24) is 14.1 Å². The van der Waals surface area contributed by atoms with Crippen LogP contribution in [-0.2, 0) is 21.9 Å². The Morgan fingerprint density at radius 2 is 2.14 bits per heavy atom. The molecule has 8 heteroatoms. The van der Waals surface area contributed by atoms with Gasteiger partial charge < -0.3 is 4.90 Å². The van der Waals surface area contributed by atoms with E-state index in [2.05, 4.69) is 5.10 Å². The first kappa shape index (κ1) is 15.5.